The summed E-state index contributed by atoms with van der Waals surface area (Å²) >= 11 is 0. The molecule has 0 N–H and O–H groups in total. The van der Waals surface area contributed by atoms with Crippen molar-refractivity contribution in [2.75, 3.05) is 13.3 Å². The second-order valence-electron chi connectivity index (χ2n) is 5.38. The van der Waals surface area contributed by atoms with E-state index in [0.29, 0.717) is 28.9 Å². The molecule has 0 fully saturated rings. The third-order valence-corrected chi connectivity index (χ3v) is 3.71. The molecular weight excluding hydrogens is 276 g/mol. The maximum absolute atomic E-state index is 13.3. The Kier molecular flexibility index (Phi) is 3.20. The number of hydrogen-bond acceptors (Lipinski definition) is 3. The van der Waals surface area contributed by atoms with Crippen LogP contribution in [0.2, 0.25) is 0 Å². The van der Waals surface area contributed by atoms with Gasteiger partial charge in [-0.15, -0.1) is 0 Å². The van der Waals surface area contributed by atoms with E-state index < -0.39 is 12.1 Å². The van der Waals surface area contributed by atoms with Crippen LogP contribution >= 0.6 is 0 Å². The molecule has 2 heterocycles. The van der Waals surface area contributed by atoms with Gasteiger partial charge in [-0.25, -0.2) is 13.8 Å². The lowest BCUT2D eigenvalue weighted by Crippen LogP contribution is -2.26. The first kappa shape index (κ1) is 13.7. The molecule has 0 aliphatic carbocycles. The van der Waals surface area contributed by atoms with E-state index in [1.165, 1.54) is 12.1 Å². The second-order valence-corrected chi connectivity index (χ2v) is 5.38. The molecular formula is C16H13F2NO2. The van der Waals surface area contributed by atoms with E-state index in [1.807, 2.05) is 0 Å². The van der Waals surface area contributed by atoms with Crippen molar-refractivity contribution in [3.05, 3.63) is 47.4 Å². The van der Waals surface area contributed by atoms with Gasteiger partial charge < -0.3 is 4.74 Å². The highest BCUT2D eigenvalue weighted by Gasteiger charge is 2.39. The second kappa shape index (κ2) is 4.91. The Balaban J connectivity index is 2.22. The summed E-state index contributed by atoms with van der Waals surface area (Å²) in [4.78, 5) is 15.3. The maximum atomic E-state index is 13.3. The molecule has 3 nitrogen and oxygen atoms in total. The first-order chi connectivity index (χ1) is 10.1. The van der Waals surface area contributed by atoms with Gasteiger partial charge in [0.05, 0.1) is 5.41 Å². The number of aromatic nitrogens is 1. The Labute approximate surface area is 120 Å². The minimum absolute atomic E-state index is 0.191. The number of nitrogens with zero attached hydrogens (tertiary/aromatic N) is 1. The highest BCUT2D eigenvalue weighted by molar-refractivity contribution is 5.78. The number of hydrogen-bond donors (Lipinski definition) is 0. The highest BCUT2D eigenvalue weighted by Crippen LogP contribution is 2.44. The zero-order valence-corrected chi connectivity index (χ0v) is 11.4. The molecule has 0 saturated heterocycles. The molecule has 108 valence electrons. The van der Waals surface area contributed by atoms with Crippen LogP contribution in [0.3, 0.4) is 0 Å². The van der Waals surface area contributed by atoms with Gasteiger partial charge in [-0.05, 0) is 37.3 Å². The van der Waals surface area contributed by atoms with Crippen LogP contribution in [0.5, 0.6) is 5.75 Å². The van der Waals surface area contributed by atoms with Gasteiger partial charge in [0.1, 0.15) is 36.2 Å². The van der Waals surface area contributed by atoms with E-state index in [2.05, 4.69) is 4.98 Å². The summed E-state index contributed by atoms with van der Waals surface area (Å²) in [5, 5.41) is 0. The number of aldehydes is 1. The molecule has 0 radical (unpaired) electrons. The molecule has 0 spiro atoms. The van der Waals surface area contributed by atoms with Crippen molar-refractivity contribution in [1.29, 1.82) is 0 Å². The van der Waals surface area contributed by atoms with Crippen molar-refractivity contribution < 1.29 is 18.3 Å². The minimum atomic E-state index is -0.787. The monoisotopic (exact) mass is 289 g/mol. The van der Waals surface area contributed by atoms with Gasteiger partial charge in [0, 0.05) is 11.1 Å². The summed E-state index contributed by atoms with van der Waals surface area (Å²) in [7, 11) is 0. The van der Waals surface area contributed by atoms with Crippen molar-refractivity contribution in [3.63, 3.8) is 0 Å². The lowest BCUT2D eigenvalue weighted by molar-refractivity contribution is 0.111. The predicted molar refractivity (Wildman–Crippen MR) is 73.8 cm³/mol. The molecule has 1 aromatic heterocycles. The lowest BCUT2D eigenvalue weighted by Gasteiger charge is -2.17. The van der Waals surface area contributed by atoms with Gasteiger partial charge in [0.15, 0.2) is 6.29 Å². The Bertz CT molecular complexity index is 700. The number of ether oxygens (including phenoxy) is 1. The number of halogens is 2. The average molecular weight is 289 g/mol. The molecule has 1 unspecified atom stereocenters. The van der Waals surface area contributed by atoms with Crippen LogP contribution in [0.1, 0.15) is 23.0 Å². The normalized spacial score (nSPS) is 20.0. The Morgan fingerprint density at radius 3 is 2.71 bits per heavy atom. The fraction of sp³-hybridized carbons (Fsp3) is 0.250. The highest BCUT2D eigenvalue weighted by atomic mass is 19.1. The molecule has 1 aliphatic heterocycles. The fourth-order valence-electron chi connectivity index (χ4n) is 2.43. The first-order valence-electron chi connectivity index (χ1n) is 6.53. The summed E-state index contributed by atoms with van der Waals surface area (Å²) in [6, 6.07) is 7.28. The van der Waals surface area contributed by atoms with E-state index in [9.17, 15) is 13.6 Å². The molecule has 0 amide bonds. The summed E-state index contributed by atoms with van der Waals surface area (Å²) in [6.45, 7) is 1.34. The summed E-state index contributed by atoms with van der Waals surface area (Å²) < 4.78 is 32.0. The first-order valence-corrected chi connectivity index (χ1v) is 6.53. The number of carbonyl (C=O) groups excluding carboxylic acids is 1. The minimum Gasteiger partial charge on any atom is -0.490 e. The predicted octanol–water partition coefficient (Wildman–Crippen LogP) is 3.32. The van der Waals surface area contributed by atoms with Crippen LogP contribution in [-0.2, 0) is 5.41 Å². The number of benzene rings is 1. The molecule has 1 atom stereocenters. The summed E-state index contributed by atoms with van der Waals surface area (Å²) in [5.74, 6) is 0.101. The fourth-order valence-corrected chi connectivity index (χ4v) is 2.43. The number of rotatable bonds is 3. The van der Waals surface area contributed by atoms with E-state index in [-0.39, 0.29) is 18.1 Å². The van der Waals surface area contributed by atoms with Gasteiger partial charge >= 0.3 is 0 Å². The third-order valence-electron chi connectivity index (χ3n) is 3.71. The summed E-state index contributed by atoms with van der Waals surface area (Å²) in [5.41, 5.74) is 1.11. The van der Waals surface area contributed by atoms with Crippen LogP contribution in [0.15, 0.2) is 30.3 Å². The van der Waals surface area contributed by atoms with Crippen molar-refractivity contribution in [1.82, 2.24) is 4.98 Å². The molecule has 5 heteroatoms. The van der Waals surface area contributed by atoms with Crippen molar-refractivity contribution in [3.8, 4) is 17.0 Å². The zero-order valence-electron chi connectivity index (χ0n) is 11.4. The zero-order chi connectivity index (χ0) is 15.0. The van der Waals surface area contributed by atoms with Gasteiger partial charge in [-0.2, -0.15) is 0 Å². The maximum Gasteiger partial charge on any atom is 0.168 e. The Hall–Kier alpha value is -2.30. The number of alkyl halides is 1. The van der Waals surface area contributed by atoms with Gasteiger partial charge in [-0.3, -0.25) is 4.79 Å². The standard InChI is InChI=1S/C16H13F2NO2/c1-16(8-17)9-21-15-13(16)6-12(7-20)19-14(15)10-2-4-11(18)5-3-10/h2-7H,8-9H2,1H3. The van der Waals surface area contributed by atoms with Crippen LogP contribution < -0.4 is 4.74 Å². The van der Waals surface area contributed by atoms with Gasteiger partial charge in [0.2, 0.25) is 0 Å². The molecule has 0 saturated carbocycles. The molecule has 0 bridgehead atoms. The van der Waals surface area contributed by atoms with Crippen molar-refractivity contribution in [2.45, 2.75) is 12.3 Å². The lowest BCUT2D eigenvalue weighted by atomic mass is 9.85. The van der Waals surface area contributed by atoms with Gasteiger partial charge in [-0.1, -0.05) is 0 Å². The van der Waals surface area contributed by atoms with E-state index >= 15 is 0 Å². The molecule has 1 aliphatic rings. The van der Waals surface area contributed by atoms with E-state index in [1.54, 1.807) is 25.1 Å². The number of fused-ring (bicyclic) bond motifs is 1. The SMILES string of the molecule is CC1(CF)COc2c1cc(C=O)nc2-c1ccc(F)cc1. The van der Waals surface area contributed by atoms with E-state index in [4.69, 9.17) is 4.74 Å². The smallest absolute Gasteiger partial charge is 0.168 e. The molecule has 2 aromatic rings. The van der Waals surface area contributed by atoms with Crippen LogP contribution in [0.25, 0.3) is 11.3 Å². The van der Waals surface area contributed by atoms with Crippen LogP contribution in [-0.4, -0.2) is 24.6 Å². The Morgan fingerprint density at radius 1 is 1.38 bits per heavy atom. The molecule has 1 aromatic carbocycles. The molecule has 21 heavy (non-hydrogen) atoms. The quantitative estimate of drug-likeness (QED) is 0.814. The Morgan fingerprint density at radius 2 is 2.10 bits per heavy atom. The molecule has 3 rings (SSSR count). The number of pyridine rings is 1. The van der Waals surface area contributed by atoms with Crippen LogP contribution in [0.4, 0.5) is 8.78 Å². The summed E-state index contributed by atoms with van der Waals surface area (Å²) in [6.07, 6.45) is 0.615. The van der Waals surface area contributed by atoms with Gasteiger partial charge in [0.25, 0.3) is 0 Å². The van der Waals surface area contributed by atoms with Crippen molar-refractivity contribution in [2.24, 2.45) is 0 Å². The number of carbonyl (C=O) groups is 1. The third kappa shape index (κ3) is 2.18. The van der Waals surface area contributed by atoms with E-state index in [0.717, 1.165) is 0 Å². The average Bonchev–Trinajstić information content (AvgIpc) is 2.85. The van der Waals surface area contributed by atoms with Crippen LogP contribution in [0, 0.1) is 5.82 Å². The van der Waals surface area contributed by atoms with Crippen molar-refractivity contribution >= 4 is 6.29 Å². The largest absolute Gasteiger partial charge is 0.490 e. The topological polar surface area (TPSA) is 39.2 Å².